The van der Waals surface area contributed by atoms with Crippen LogP contribution in [0, 0.1) is 0 Å². The van der Waals surface area contributed by atoms with E-state index in [1.54, 1.807) is 48.5 Å². The Hall–Kier alpha value is -4.75. The van der Waals surface area contributed by atoms with Crippen molar-refractivity contribution in [2.75, 3.05) is 24.7 Å². The van der Waals surface area contributed by atoms with Crippen molar-refractivity contribution in [1.29, 1.82) is 0 Å². The minimum absolute atomic E-state index is 0.130. The molecule has 7 rings (SSSR count). The number of hydrogen-bond donors (Lipinski definition) is 1. The number of halogens is 2. The second-order valence-corrected chi connectivity index (χ2v) is 14.3. The first kappa shape index (κ1) is 34.7. The third-order valence-electron chi connectivity index (χ3n) is 8.05. The molecule has 0 radical (unpaired) electrons. The second kappa shape index (κ2) is 15.2. The SMILES string of the molecule is CCOc1cc(C2/C(=C(/O)c3ccc4c(c3)OCCO4)C(=O)C(=O)N2c2nnc(SCc3ccc(Cl)cc3Cl)s2)ccc1OCc1ccccc1. The molecule has 4 aromatic carbocycles. The van der Waals surface area contributed by atoms with Crippen molar-refractivity contribution in [1.82, 2.24) is 10.2 Å². The standard InChI is InChI=1S/C37H29Cl2N3O7S2/c1-2-46-29-16-22(9-12-28(29)49-19-21-6-4-3-5-7-21)32-31(33(43)23-10-13-27-30(17-23)48-15-14-47-27)34(44)35(45)42(32)36-40-41-37(51-36)50-20-24-8-11-25(38)18-26(24)39/h3-13,16-18,32,43H,2,14-15,19-20H2,1H3/b33-31-. The molecule has 0 bridgehead atoms. The van der Waals surface area contributed by atoms with E-state index in [0.717, 1.165) is 22.5 Å². The molecule has 0 saturated carbocycles. The van der Waals surface area contributed by atoms with Crippen molar-refractivity contribution >= 4 is 68.9 Å². The normalized spacial score (nSPS) is 16.4. The number of aromatic nitrogens is 2. The molecule has 1 atom stereocenters. The molecule has 1 saturated heterocycles. The van der Waals surface area contributed by atoms with Crippen LogP contribution in [0.4, 0.5) is 5.13 Å². The maximum absolute atomic E-state index is 13.9. The lowest BCUT2D eigenvalue weighted by atomic mass is 9.95. The monoisotopic (exact) mass is 761 g/mol. The molecular weight excluding hydrogens is 733 g/mol. The van der Waals surface area contributed by atoms with Gasteiger partial charge in [0.15, 0.2) is 27.3 Å². The summed E-state index contributed by atoms with van der Waals surface area (Å²) in [6.07, 6.45) is 0. The first-order valence-corrected chi connectivity index (χ1v) is 18.4. The number of carbonyl (C=O) groups excluding carboxylic acids is 2. The highest BCUT2D eigenvalue weighted by Gasteiger charge is 2.48. The number of nitrogens with zero attached hydrogens (tertiary/aromatic N) is 3. The molecule has 2 aliphatic heterocycles. The Morgan fingerprint density at radius 1 is 0.941 bits per heavy atom. The fourth-order valence-electron chi connectivity index (χ4n) is 5.65. The lowest BCUT2D eigenvalue weighted by Gasteiger charge is -2.24. The van der Waals surface area contributed by atoms with Crippen LogP contribution in [0.25, 0.3) is 5.76 Å². The number of ketones is 1. The van der Waals surface area contributed by atoms with Crippen molar-refractivity contribution in [3.05, 3.63) is 123 Å². The fourth-order valence-corrected chi connectivity index (χ4v) is 8.07. The van der Waals surface area contributed by atoms with E-state index < -0.39 is 17.7 Å². The number of fused-ring (bicyclic) bond motifs is 1. The fraction of sp³-hybridized carbons (Fsp3) is 0.189. The lowest BCUT2D eigenvalue weighted by molar-refractivity contribution is -0.132. The van der Waals surface area contributed by atoms with Crippen LogP contribution in [0.2, 0.25) is 10.0 Å². The molecule has 51 heavy (non-hydrogen) atoms. The predicted molar refractivity (Wildman–Crippen MR) is 197 cm³/mol. The number of thioether (sulfide) groups is 1. The molecule has 0 spiro atoms. The Balaban J connectivity index is 1.28. The third kappa shape index (κ3) is 7.36. The van der Waals surface area contributed by atoms with Gasteiger partial charge >= 0.3 is 5.91 Å². The van der Waals surface area contributed by atoms with Crippen LogP contribution >= 0.6 is 46.3 Å². The van der Waals surface area contributed by atoms with Gasteiger partial charge in [-0.25, -0.2) is 0 Å². The molecule has 3 heterocycles. The van der Waals surface area contributed by atoms with Crippen molar-refractivity contribution < 1.29 is 33.6 Å². The van der Waals surface area contributed by atoms with Crippen LogP contribution in [0.5, 0.6) is 23.0 Å². The van der Waals surface area contributed by atoms with E-state index in [2.05, 4.69) is 10.2 Å². The van der Waals surface area contributed by atoms with E-state index in [0.29, 0.717) is 75.1 Å². The smallest absolute Gasteiger partial charge is 0.301 e. The largest absolute Gasteiger partial charge is 0.507 e. The molecule has 0 aliphatic carbocycles. The average molecular weight is 763 g/mol. The topological polar surface area (TPSA) is 120 Å². The van der Waals surface area contributed by atoms with Gasteiger partial charge in [-0.05, 0) is 66.1 Å². The second-order valence-electron chi connectivity index (χ2n) is 11.3. The number of hydrogen-bond acceptors (Lipinski definition) is 11. The number of benzene rings is 4. The number of rotatable bonds is 11. The van der Waals surface area contributed by atoms with Crippen molar-refractivity contribution in [2.24, 2.45) is 0 Å². The van der Waals surface area contributed by atoms with Gasteiger partial charge in [0.25, 0.3) is 5.78 Å². The zero-order valence-corrected chi connectivity index (χ0v) is 30.2. The van der Waals surface area contributed by atoms with E-state index in [9.17, 15) is 14.7 Å². The average Bonchev–Trinajstić information content (AvgIpc) is 3.72. The maximum Gasteiger partial charge on any atom is 0.301 e. The van der Waals surface area contributed by atoms with E-state index in [1.165, 1.54) is 16.7 Å². The van der Waals surface area contributed by atoms with E-state index in [1.807, 2.05) is 43.3 Å². The van der Waals surface area contributed by atoms with Crippen LogP contribution in [0.15, 0.2) is 94.8 Å². The number of aliphatic hydroxyl groups is 1. The Morgan fingerprint density at radius 2 is 1.75 bits per heavy atom. The molecule has 5 aromatic rings. The Kier molecular flexibility index (Phi) is 10.4. The number of anilines is 1. The number of Topliss-reactive ketones (excluding diaryl/α,β-unsaturated/α-hetero) is 1. The summed E-state index contributed by atoms with van der Waals surface area (Å²) < 4.78 is 24.0. The maximum atomic E-state index is 13.9. The highest BCUT2D eigenvalue weighted by atomic mass is 35.5. The van der Waals surface area contributed by atoms with Gasteiger partial charge in [-0.2, -0.15) is 0 Å². The quantitative estimate of drug-likeness (QED) is 0.0461. The Morgan fingerprint density at radius 3 is 2.53 bits per heavy atom. The Labute approximate surface area is 311 Å². The van der Waals surface area contributed by atoms with Crippen LogP contribution < -0.4 is 23.8 Å². The van der Waals surface area contributed by atoms with Crippen molar-refractivity contribution in [3.8, 4) is 23.0 Å². The van der Waals surface area contributed by atoms with Gasteiger partial charge in [-0.15, -0.1) is 10.2 Å². The zero-order chi connectivity index (χ0) is 35.5. The van der Waals surface area contributed by atoms with Crippen LogP contribution in [-0.4, -0.2) is 46.8 Å². The summed E-state index contributed by atoms with van der Waals surface area (Å²) in [6.45, 7) is 3.21. The number of ether oxygens (including phenoxy) is 4. The first-order valence-electron chi connectivity index (χ1n) is 15.9. The van der Waals surface area contributed by atoms with Crippen LogP contribution in [0.1, 0.15) is 35.2 Å². The molecule has 1 fully saturated rings. The molecule has 10 nitrogen and oxygen atoms in total. The highest BCUT2D eigenvalue weighted by molar-refractivity contribution is 8.00. The number of aliphatic hydroxyl groups excluding tert-OH is 1. The molecule has 260 valence electrons. The van der Waals surface area contributed by atoms with Crippen LogP contribution in [0.3, 0.4) is 0 Å². The Bertz CT molecular complexity index is 2140. The van der Waals surface area contributed by atoms with E-state index in [-0.39, 0.29) is 22.0 Å². The molecular formula is C37H29Cl2N3O7S2. The highest BCUT2D eigenvalue weighted by Crippen LogP contribution is 2.46. The summed E-state index contributed by atoms with van der Waals surface area (Å²) >= 11 is 14.9. The van der Waals surface area contributed by atoms with Crippen molar-refractivity contribution in [3.63, 3.8) is 0 Å². The zero-order valence-electron chi connectivity index (χ0n) is 27.0. The minimum atomic E-state index is -1.09. The van der Waals surface area contributed by atoms with Gasteiger partial charge in [-0.3, -0.25) is 14.5 Å². The predicted octanol–water partition coefficient (Wildman–Crippen LogP) is 8.51. The lowest BCUT2D eigenvalue weighted by Crippen LogP contribution is -2.29. The van der Waals surface area contributed by atoms with Gasteiger partial charge in [-0.1, -0.05) is 88.8 Å². The molecule has 2 aliphatic rings. The summed E-state index contributed by atoms with van der Waals surface area (Å²) in [5, 5.41) is 21.6. The van der Waals surface area contributed by atoms with Gasteiger partial charge in [0.2, 0.25) is 5.13 Å². The van der Waals surface area contributed by atoms with Gasteiger partial charge < -0.3 is 24.1 Å². The summed E-state index contributed by atoms with van der Waals surface area (Å²) in [7, 11) is 0. The van der Waals surface area contributed by atoms with Gasteiger partial charge in [0.1, 0.15) is 25.6 Å². The van der Waals surface area contributed by atoms with Crippen molar-refractivity contribution in [2.45, 2.75) is 29.7 Å². The van der Waals surface area contributed by atoms with Crippen LogP contribution in [-0.2, 0) is 21.9 Å². The van der Waals surface area contributed by atoms with E-state index >= 15 is 0 Å². The summed E-state index contributed by atoms with van der Waals surface area (Å²) in [5.41, 5.74) is 2.46. The molecule has 1 N–H and O–H groups in total. The first-order chi connectivity index (χ1) is 24.8. The molecule has 1 aromatic heterocycles. The number of carbonyl (C=O) groups is 2. The third-order valence-corrected chi connectivity index (χ3v) is 10.7. The van der Waals surface area contributed by atoms with E-state index in [4.69, 9.17) is 42.1 Å². The summed E-state index contributed by atoms with van der Waals surface area (Å²) in [6, 6.07) is 23.9. The van der Waals surface area contributed by atoms with Gasteiger partial charge in [0, 0.05) is 21.4 Å². The summed E-state index contributed by atoms with van der Waals surface area (Å²) in [4.78, 5) is 29.1. The minimum Gasteiger partial charge on any atom is -0.507 e. The molecule has 1 amide bonds. The molecule has 1 unspecified atom stereocenters. The molecule has 14 heteroatoms. The number of amides is 1. The van der Waals surface area contributed by atoms with Gasteiger partial charge in [0.05, 0.1) is 18.2 Å². The summed E-state index contributed by atoms with van der Waals surface area (Å²) in [5.74, 6) is 0.160.